The molecule has 0 spiro atoms. The third kappa shape index (κ3) is 5.77. The van der Waals surface area contributed by atoms with Gasteiger partial charge in [0.05, 0.1) is 5.82 Å². The van der Waals surface area contributed by atoms with Gasteiger partial charge in [-0.2, -0.15) is 0 Å². The van der Waals surface area contributed by atoms with E-state index in [1.54, 1.807) is 0 Å². The van der Waals surface area contributed by atoms with Crippen molar-refractivity contribution < 1.29 is 0 Å². The molecule has 0 saturated carbocycles. The highest BCUT2D eigenvalue weighted by atomic mass is 15.1. The zero-order valence-electron chi connectivity index (χ0n) is 8.07. The minimum Gasteiger partial charge on any atom is -0.370 e. The van der Waals surface area contributed by atoms with Gasteiger partial charge in [-0.25, -0.2) is 0 Å². The molecule has 0 aromatic carbocycles. The van der Waals surface area contributed by atoms with Gasteiger partial charge in [0.1, 0.15) is 0 Å². The predicted octanol–water partition coefficient (Wildman–Crippen LogP) is 1.84. The molecule has 0 aliphatic heterocycles. The molecule has 0 aliphatic carbocycles. The van der Waals surface area contributed by atoms with Gasteiger partial charge in [-0.15, -0.1) is 0 Å². The monoisotopic (exact) mass is 156 g/mol. The summed E-state index contributed by atoms with van der Waals surface area (Å²) in [5.74, 6) is 0.925. The van der Waals surface area contributed by atoms with Gasteiger partial charge < -0.3 is 10.6 Å². The van der Waals surface area contributed by atoms with Crippen molar-refractivity contribution in [3.8, 4) is 0 Å². The molecule has 0 radical (unpaired) electrons. The zero-order chi connectivity index (χ0) is 8.85. The van der Waals surface area contributed by atoms with Gasteiger partial charge >= 0.3 is 0 Å². The summed E-state index contributed by atoms with van der Waals surface area (Å²) in [6.45, 7) is 12.4. The smallest absolute Gasteiger partial charge is 0.0916 e. The molecule has 0 amide bonds. The average molecular weight is 156 g/mol. The topological polar surface area (TPSA) is 24.1 Å². The Morgan fingerprint density at radius 1 is 1.27 bits per heavy atom. The van der Waals surface area contributed by atoms with E-state index in [1.165, 1.54) is 0 Å². The lowest BCUT2D eigenvalue weighted by atomic mass is 10.2. The lowest BCUT2D eigenvalue weighted by molar-refractivity contribution is 0.535. The normalized spacial score (nSPS) is 12.8. The lowest BCUT2D eigenvalue weighted by Gasteiger charge is -2.18. The van der Waals surface area contributed by atoms with Gasteiger partial charge in [-0.05, 0) is 27.2 Å². The maximum absolute atomic E-state index is 3.86. The molecule has 0 rings (SSSR count). The molecule has 2 heteroatoms. The van der Waals surface area contributed by atoms with Crippen LogP contribution in [0.5, 0.6) is 0 Å². The molecule has 0 aromatic rings. The van der Waals surface area contributed by atoms with Crippen LogP contribution in [0.1, 0.15) is 34.1 Å². The van der Waals surface area contributed by atoms with E-state index in [1.807, 2.05) is 0 Å². The van der Waals surface area contributed by atoms with E-state index in [9.17, 15) is 0 Å². The molecule has 0 aliphatic rings. The lowest BCUT2D eigenvalue weighted by Crippen LogP contribution is -2.35. The molecule has 0 bridgehead atoms. The maximum Gasteiger partial charge on any atom is 0.0916 e. The highest BCUT2D eigenvalue weighted by Gasteiger charge is 1.99. The second-order valence-corrected chi connectivity index (χ2v) is 3.23. The average Bonchev–Trinajstić information content (AvgIpc) is 1.85. The summed E-state index contributed by atoms with van der Waals surface area (Å²) >= 11 is 0. The zero-order valence-corrected chi connectivity index (χ0v) is 8.07. The minimum atomic E-state index is 0.457. The second-order valence-electron chi connectivity index (χ2n) is 3.23. The van der Waals surface area contributed by atoms with Crippen LogP contribution in [-0.4, -0.2) is 12.1 Å². The Labute approximate surface area is 70.1 Å². The third-order valence-electron chi connectivity index (χ3n) is 1.50. The fourth-order valence-electron chi connectivity index (χ4n) is 0.790. The van der Waals surface area contributed by atoms with E-state index < -0.39 is 0 Å². The first-order valence-electron chi connectivity index (χ1n) is 4.28. The number of hydrogen-bond donors (Lipinski definition) is 2. The van der Waals surface area contributed by atoms with E-state index >= 15 is 0 Å². The van der Waals surface area contributed by atoms with E-state index in [0.29, 0.717) is 12.1 Å². The van der Waals surface area contributed by atoms with Crippen molar-refractivity contribution in [3.05, 3.63) is 12.4 Å². The maximum atomic E-state index is 3.86. The first kappa shape index (κ1) is 10.3. The standard InChI is InChI=1S/C9H20N2/c1-6-8(4)11-9(5)10-7(2)3/h7-8,10-11H,5-6H2,1-4H3/t8-/m1/s1. The first-order chi connectivity index (χ1) is 5.06. The van der Waals surface area contributed by atoms with E-state index in [2.05, 4.69) is 44.9 Å². The molecule has 66 valence electrons. The predicted molar refractivity (Wildman–Crippen MR) is 50.3 cm³/mol. The molecular formula is C9H20N2. The summed E-state index contributed by atoms with van der Waals surface area (Å²) in [6, 6.07) is 0.966. The van der Waals surface area contributed by atoms with Crippen molar-refractivity contribution in [2.75, 3.05) is 0 Å². The second kappa shape index (κ2) is 5.05. The molecule has 0 saturated heterocycles. The van der Waals surface area contributed by atoms with Crippen molar-refractivity contribution in [2.24, 2.45) is 0 Å². The van der Waals surface area contributed by atoms with Crippen LogP contribution in [0.4, 0.5) is 0 Å². The number of rotatable bonds is 5. The summed E-state index contributed by atoms with van der Waals surface area (Å²) in [4.78, 5) is 0. The van der Waals surface area contributed by atoms with Gasteiger partial charge in [-0.3, -0.25) is 0 Å². The molecular weight excluding hydrogens is 136 g/mol. The molecule has 2 nitrogen and oxygen atoms in total. The quantitative estimate of drug-likeness (QED) is 0.634. The van der Waals surface area contributed by atoms with Gasteiger partial charge in [0.2, 0.25) is 0 Å². The molecule has 11 heavy (non-hydrogen) atoms. The summed E-state index contributed by atoms with van der Waals surface area (Å²) < 4.78 is 0. The highest BCUT2D eigenvalue weighted by molar-refractivity contribution is 4.90. The molecule has 2 N–H and O–H groups in total. The van der Waals surface area contributed by atoms with Crippen LogP contribution in [0.15, 0.2) is 12.4 Å². The Morgan fingerprint density at radius 3 is 2.18 bits per heavy atom. The van der Waals surface area contributed by atoms with Gasteiger partial charge in [-0.1, -0.05) is 13.5 Å². The van der Waals surface area contributed by atoms with E-state index in [4.69, 9.17) is 0 Å². The molecule has 0 unspecified atom stereocenters. The van der Waals surface area contributed by atoms with Gasteiger partial charge in [0.25, 0.3) is 0 Å². The Balaban J connectivity index is 3.52. The number of nitrogens with one attached hydrogen (secondary N) is 2. The molecule has 0 aromatic heterocycles. The van der Waals surface area contributed by atoms with Crippen molar-refractivity contribution in [3.63, 3.8) is 0 Å². The minimum absolute atomic E-state index is 0.457. The van der Waals surface area contributed by atoms with E-state index in [0.717, 1.165) is 12.2 Å². The van der Waals surface area contributed by atoms with Crippen molar-refractivity contribution in [1.29, 1.82) is 0 Å². The summed E-state index contributed by atoms with van der Waals surface area (Å²) in [7, 11) is 0. The van der Waals surface area contributed by atoms with Crippen molar-refractivity contribution >= 4 is 0 Å². The summed E-state index contributed by atoms with van der Waals surface area (Å²) in [5.41, 5.74) is 0. The van der Waals surface area contributed by atoms with Gasteiger partial charge in [0.15, 0.2) is 0 Å². The third-order valence-corrected chi connectivity index (χ3v) is 1.50. The largest absolute Gasteiger partial charge is 0.370 e. The van der Waals surface area contributed by atoms with Crippen LogP contribution >= 0.6 is 0 Å². The van der Waals surface area contributed by atoms with Crippen molar-refractivity contribution in [1.82, 2.24) is 10.6 Å². The Morgan fingerprint density at radius 2 is 1.82 bits per heavy atom. The SMILES string of the molecule is C=C(NC(C)C)N[C@H](C)CC. The van der Waals surface area contributed by atoms with Crippen LogP contribution < -0.4 is 10.6 Å². The fraction of sp³-hybridized carbons (Fsp3) is 0.778. The highest BCUT2D eigenvalue weighted by Crippen LogP contribution is 1.91. The van der Waals surface area contributed by atoms with Crippen LogP contribution in [0, 0.1) is 0 Å². The summed E-state index contributed by atoms with van der Waals surface area (Å²) in [6.07, 6.45) is 1.12. The Kier molecular flexibility index (Phi) is 4.75. The van der Waals surface area contributed by atoms with Crippen LogP contribution in [0.3, 0.4) is 0 Å². The van der Waals surface area contributed by atoms with Crippen LogP contribution in [0.2, 0.25) is 0 Å². The number of hydrogen-bond acceptors (Lipinski definition) is 2. The van der Waals surface area contributed by atoms with Crippen LogP contribution in [-0.2, 0) is 0 Å². The van der Waals surface area contributed by atoms with Gasteiger partial charge in [0, 0.05) is 12.1 Å². The fourth-order valence-corrected chi connectivity index (χ4v) is 0.790. The first-order valence-corrected chi connectivity index (χ1v) is 4.28. The summed E-state index contributed by atoms with van der Waals surface area (Å²) in [5, 5.41) is 6.46. The molecule has 0 heterocycles. The van der Waals surface area contributed by atoms with E-state index in [-0.39, 0.29) is 0 Å². The Hall–Kier alpha value is -0.660. The molecule has 1 atom stereocenters. The Bertz CT molecular complexity index is 119. The molecule has 0 fully saturated rings. The van der Waals surface area contributed by atoms with Crippen molar-refractivity contribution in [2.45, 2.75) is 46.2 Å². The van der Waals surface area contributed by atoms with Crippen LogP contribution in [0.25, 0.3) is 0 Å².